The second-order valence-electron chi connectivity index (χ2n) is 6.00. The van der Waals surface area contributed by atoms with Crippen LogP contribution in [-0.4, -0.2) is 30.1 Å². The maximum atomic E-state index is 9.51. The largest absolute Gasteiger partial charge is 0.506 e. The molecule has 0 unspecified atom stereocenters. The summed E-state index contributed by atoms with van der Waals surface area (Å²) in [5.41, 5.74) is 4.70. The summed E-state index contributed by atoms with van der Waals surface area (Å²) >= 11 is 12.4. The van der Waals surface area contributed by atoms with E-state index in [1.54, 1.807) is 12.1 Å². The van der Waals surface area contributed by atoms with Crippen molar-refractivity contribution in [1.82, 2.24) is 4.90 Å². The van der Waals surface area contributed by atoms with Gasteiger partial charge in [-0.15, -0.1) is 0 Å². The molecule has 5 heteroatoms. The summed E-state index contributed by atoms with van der Waals surface area (Å²) in [6.07, 6.45) is 2.04. The first-order chi connectivity index (χ1) is 11.0. The molecule has 0 fully saturated rings. The monoisotopic (exact) mass is 350 g/mol. The fourth-order valence-corrected chi connectivity index (χ4v) is 3.40. The van der Waals surface area contributed by atoms with E-state index in [1.165, 1.54) is 11.1 Å². The zero-order valence-corrected chi connectivity index (χ0v) is 14.6. The van der Waals surface area contributed by atoms with E-state index in [0.29, 0.717) is 11.6 Å². The molecule has 2 aromatic carbocycles. The van der Waals surface area contributed by atoms with E-state index < -0.39 is 0 Å². The van der Waals surface area contributed by atoms with E-state index in [-0.39, 0.29) is 5.75 Å². The molecule has 0 aliphatic carbocycles. The molecule has 0 aromatic heterocycles. The first-order valence-corrected chi connectivity index (χ1v) is 8.50. The molecule has 1 heterocycles. The van der Waals surface area contributed by atoms with Gasteiger partial charge in [0.15, 0.2) is 0 Å². The number of phenolic OH excluding ortho intramolecular Hbond substituents is 1. The molecule has 0 bridgehead atoms. The van der Waals surface area contributed by atoms with Gasteiger partial charge in [0.2, 0.25) is 0 Å². The molecule has 2 N–H and O–H groups in total. The summed E-state index contributed by atoms with van der Waals surface area (Å²) in [6.45, 7) is 2.72. The van der Waals surface area contributed by atoms with Gasteiger partial charge in [-0.05, 0) is 54.8 Å². The van der Waals surface area contributed by atoms with Gasteiger partial charge in [-0.2, -0.15) is 0 Å². The van der Waals surface area contributed by atoms with Crippen molar-refractivity contribution in [2.45, 2.75) is 19.4 Å². The van der Waals surface area contributed by atoms with Crippen LogP contribution in [-0.2, 0) is 19.4 Å². The summed E-state index contributed by atoms with van der Waals surface area (Å²) < 4.78 is 0. The van der Waals surface area contributed by atoms with Gasteiger partial charge >= 0.3 is 0 Å². The van der Waals surface area contributed by atoms with Gasteiger partial charge in [-0.25, -0.2) is 0 Å². The smallest absolute Gasteiger partial charge is 0.134 e. The molecule has 122 valence electrons. The van der Waals surface area contributed by atoms with Crippen molar-refractivity contribution >= 4 is 28.9 Å². The maximum absolute atomic E-state index is 9.51. The highest BCUT2D eigenvalue weighted by Crippen LogP contribution is 2.32. The normalized spacial score (nSPS) is 15.1. The number of hydrogen-bond acceptors (Lipinski definition) is 3. The third kappa shape index (κ3) is 3.74. The van der Waals surface area contributed by atoms with Gasteiger partial charge in [0.25, 0.3) is 0 Å². The third-order valence-electron chi connectivity index (χ3n) is 4.35. The lowest BCUT2D eigenvalue weighted by atomic mass is 10.0. The quantitative estimate of drug-likeness (QED) is 0.863. The number of aromatic hydroxyl groups is 1. The number of benzene rings is 2. The molecular formula is C18H20Cl2N2O. The Morgan fingerprint density at radius 1 is 1.09 bits per heavy atom. The number of nitrogens with one attached hydrogen (secondary N) is 1. The Hall–Kier alpha value is -1.42. The van der Waals surface area contributed by atoms with Crippen LogP contribution in [0, 0.1) is 0 Å². The lowest BCUT2D eigenvalue weighted by Crippen LogP contribution is -2.20. The number of likely N-dealkylation sites (N-methyl/N-ethyl adjacent to an activating group) is 1. The Morgan fingerprint density at radius 2 is 1.87 bits per heavy atom. The van der Waals surface area contributed by atoms with Crippen LogP contribution in [0.25, 0.3) is 0 Å². The Morgan fingerprint density at radius 3 is 2.65 bits per heavy atom. The van der Waals surface area contributed by atoms with Crippen molar-refractivity contribution < 1.29 is 5.11 Å². The summed E-state index contributed by atoms with van der Waals surface area (Å²) in [5.74, 6) is 0.102. The summed E-state index contributed by atoms with van der Waals surface area (Å²) in [6, 6.07) is 9.35. The van der Waals surface area contributed by atoms with Crippen LogP contribution in [0.4, 0.5) is 5.69 Å². The van der Waals surface area contributed by atoms with Gasteiger partial charge in [-0.1, -0.05) is 35.3 Å². The fourth-order valence-electron chi connectivity index (χ4n) is 2.95. The topological polar surface area (TPSA) is 35.5 Å². The second-order valence-corrected chi connectivity index (χ2v) is 6.82. The molecule has 0 amide bonds. The second kappa shape index (κ2) is 7.00. The minimum Gasteiger partial charge on any atom is -0.506 e. The van der Waals surface area contributed by atoms with E-state index in [0.717, 1.165) is 42.2 Å². The third-order valence-corrected chi connectivity index (χ3v) is 4.96. The lowest BCUT2D eigenvalue weighted by molar-refractivity contribution is 0.352. The first-order valence-electron chi connectivity index (χ1n) is 7.74. The standard InChI is InChI=1S/C18H20Cl2N2O/c1-22-8-6-13-3-4-15(19)18(14(13)7-9-22)21-11-12-2-5-17(23)16(20)10-12/h2-5,10,21,23H,6-9,11H2,1H3. The number of hydrogen-bond donors (Lipinski definition) is 2. The molecule has 0 spiro atoms. The Balaban J connectivity index is 1.83. The van der Waals surface area contributed by atoms with Crippen LogP contribution in [0.3, 0.4) is 0 Å². The summed E-state index contributed by atoms with van der Waals surface area (Å²) in [5, 5.41) is 14.1. The molecule has 1 aliphatic rings. The van der Waals surface area contributed by atoms with Gasteiger partial charge in [0, 0.05) is 19.6 Å². The van der Waals surface area contributed by atoms with E-state index in [2.05, 4.69) is 23.3 Å². The Kier molecular flexibility index (Phi) is 5.00. The van der Waals surface area contributed by atoms with Gasteiger partial charge in [-0.3, -0.25) is 0 Å². The molecule has 23 heavy (non-hydrogen) atoms. The van der Waals surface area contributed by atoms with Gasteiger partial charge in [0.1, 0.15) is 5.75 Å². The summed E-state index contributed by atoms with van der Waals surface area (Å²) in [4.78, 5) is 2.34. The number of fused-ring (bicyclic) bond motifs is 1. The van der Waals surface area contributed by atoms with Crippen molar-refractivity contribution in [3.05, 3.63) is 57.1 Å². The predicted octanol–water partition coefficient (Wildman–Crippen LogP) is 4.34. The van der Waals surface area contributed by atoms with Crippen LogP contribution in [0.15, 0.2) is 30.3 Å². The minimum atomic E-state index is 0.102. The molecule has 3 nitrogen and oxygen atoms in total. The van der Waals surface area contributed by atoms with Gasteiger partial charge < -0.3 is 15.3 Å². The van der Waals surface area contributed by atoms with Crippen LogP contribution in [0.2, 0.25) is 10.0 Å². The van der Waals surface area contributed by atoms with Gasteiger partial charge in [0.05, 0.1) is 15.7 Å². The molecule has 1 aliphatic heterocycles. The molecule has 0 saturated carbocycles. The highest BCUT2D eigenvalue weighted by atomic mass is 35.5. The SMILES string of the molecule is CN1CCc2ccc(Cl)c(NCc3ccc(O)c(Cl)c3)c2CC1. The number of rotatable bonds is 3. The predicted molar refractivity (Wildman–Crippen MR) is 96.8 cm³/mol. The number of anilines is 1. The Labute approximate surface area is 146 Å². The molecule has 0 radical (unpaired) electrons. The van der Waals surface area contributed by atoms with Crippen molar-refractivity contribution in [3.63, 3.8) is 0 Å². The number of halogens is 2. The average molecular weight is 351 g/mol. The van der Waals surface area contributed by atoms with E-state index in [4.69, 9.17) is 23.2 Å². The van der Waals surface area contributed by atoms with Crippen molar-refractivity contribution in [3.8, 4) is 5.75 Å². The van der Waals surface area contributed by atoms with Crippen LogP contribution in [0.1, 0.15) is 16.7 Å². The van der Waals surface area contributed by atoms with Crippen LogP contribution in [0.5, 0.6) is 5.75 Å². The number of nitrogens with zero attached hydrogens (tertiary/aromatic N) is 1. The van der Waals surface area contributed by atoms with E-state index >= 15 is 0 Å². The van der Waals surface area contributed by atoms with Crippen molar-refractivity contribution in [2.75, 3.05) is 25.5 Å². The zero-order valence-electron chi connectivity index (χ0n) is 13.1. The average Bonchev–Trinajstić information content (AvgIpc) is 2.72. The van der Waals surface area contributed by atoms with E-state index in [9.17, 15) is 5.11 Å². The maximum Gasteiger partial charge on any atom is 0.134 e. The minimum absolute atomic E-state index is 0.102. The van der Waals surface area contributed by atoms with Crippen molar-refractivity contribution in [2.24, 2.45) is 0 Å². The highest BCUT2D eigenvalue weighted by Gasteiger charge is 2.16. The van der Waals surface area contributed by atoms with Crippen LogP contribution >= 0.6 is 23.2 Å². The van der Waals surface area contributed by atoms with Crippen LogP contribution < -0.4 is 5.32 Å². The molecule has 3 rings (SSSR count). The molecule has 2 aromatic rings. The summed E-state index contributed by atoms with van der Waals surface area (Å²) in [7, 11) is 2.15. The molecular weight excluding hydrogens is 331 g/mol. The van der Waals surface area contributed by atoms with Crippen molar-refractivity contribution in [1.29, 1.82) is 0 Å². The highest BCUT2D eigenvalue weighted by molar-refractivity contribution is 6.33. The Bertz CT molecular complexity index is 718. The zero-order chi connectivity index (χ0) is 16.4. The number of phenols is 1. The van der Waals surface area contributed by atoms with E-state index in [1.807, 2.05) is 12.1 Å². The fraction of sp³-hybridized carbons (Fsp3) is 0.333. The molecule has 0 atom stereocenters. The first kappa shape index (κ1) is 16.4. The lowest BCUT2D eigenvalue weighted by Gasteiger charge is -2.16. The molecule has 0 saturated heterocycles.